The molecule has 0 radical (unpaired) electrons. The normalized spacial score (nSPS) is 11.5. The Labute approximate surface area is 718 Å². The number of benzene rings is 18. The molecule has 6 nitrogen and oxygen atoms in total. The second-order valence-corrected chi connectivity index (χ2v) is 32.0. The fraction of sp³-hybridized carbons (Fsp3) is 0. The molecule has 580 valence electrons. The number of nitrogens with zero attached hydrogens (tertiary/aromatic N) is 6. The molecule has 0 aliphatic carbocycles. The second kappa shape index (κ2) is 31.0. The largest absolute Gasteiger partial charge is 0.309 e. The van der Waals surface area contributed by atoms with E-state index in [0.717, 1.165) is 73.1 Å². The Morgan fingerprint density at radius 2 is 0.315 bits per heavy atom. The van der Waals surface area contributed by atoms with Crippen molar-refractivity contribution < 1.29 is 0 Å². The number of fused-ring (bicyclic) bond motifs is 12. The highest BCUT2D eigenvalue weighted by molar-refractivity contribution is 6.14. The average molecular weight is 1580 g/mol. The monoisotopic (exact) mass is 1580 g/mol. The summed E-state index contributed by atoms with van der Waals surface area (Å²) in [5.74, 6) is 0. The van der Waals surface area contributed by atoms with Gasteiger partial charge in [0.2, 0.25) is 0 Å². The van der Waals surface area contributed by atoms with Gasteiger partial charge >= 0.3 is 0 Å². The summed E-state index contributed by atoms with van der Waals surface area (Å²) in [7, 11) is 0. The van der Waals surface area contributed by atoms with Crippen molar-refractivity contribution in [2.24, 2.45) is 0 Å². The number of hydrogen-bond acceptors (Lipinski definition) is 2. The molecule has 0 saturated heterocycles. The van der Waals surface area contributed by atoms with Crippen LogP contribution in [0.2, 0.25) is 0 Å². The molecule has 0 saturated carbocycles. The first-order valence-electron chi connectivity index (χ1n) is 42.4. The molecule has 18 aromatic carbocycles. The fourth-order valence-corrected chi connectivity index (χ4v) is 18.7. The first-order chi connectivity index (χ1) is 61.5. The number of rotatable bonds is 14. The summed E-state index contributed by atoms with van der Waals surface area (Å²) in [6.45, 7) is 0. The molecule has 0 spiro atoms. The van der Waals surface area contributed by atoms with Gasteiger partial charge in [-0.25, -0.2) is 9.97 Å². The minimum absolute atomic E-state index is 0.955. The zero-order valence-electron chi connectivity index (χ0n) is 67.7. The van der Waals surface area contributed by atoms with Crippen LogP contribution >= 0.6 is 0 Å². The summed E-state index contributed by atoms with van der Waals surface area (Å²) in [5, 5.41) is 9.92. The SMILES string of the molecule is c1ccc(-c2cc(-c3cccc(-c4ccc5c(c4)c4ccccc4n5-c4cccc(-c5ccc6c(c5)c5ccccc5n6-c5ccccc5)c4)c3)cc(-c3ccccc3)n2)cc1.c1ccc(-c2cc(-c3ccccc3)nc(-c3ccc(-c4ccc5c(c4)c4ccccc4n5-c4cccc(-c5ccc6c(c5)c5ccccc5n6-c5ccccc5)c4)cc3)c2)cc1. The Bertz CT molecular complexity index is 8070. The predicted molar refractivity (Wildman–Crippen MR) is 520 cm³/mol. The van der Waals surface area contributed by atoms with Crippen LogP contribution in [0.1, 0.15) is 0 Å². The van der Waals surface area contributed by atoms with Gasteiger partial charge in [-0.1, -0.05) is 322 Å². The van der Waals surface area contributed by atoms with Gasteiger partial charge in [-0.05, 0) is 218 Å². The van der Waals surface area contributed by atoms with Crippen LogP contribution in [0.25, 0.3) is 222 Å². The molecule has 0 aliphatic heterocycles. The number of hydrogen-bond donors (Lipinski definition) is 0. The molecule has 6 aromatic heterocycles. The van der Waals surface area contributed by atoms with Crippen molar-refractivity contribution in [3.8, 4) is 135 Å². The Morgan fingerprint density at radius 1 is 0.113 bits per heavy atom. The van der Waals surface area contributed by atoms with Crippen LogP contribution in [0.3, 0.4) is 0 Å². The summed E-state index contributed by atoms with van der Waals surface area (Å²) < 4.78 is 9.57. The van der Waals surface area contributed by atoms with Crippen LogP contribution in [0.4, 0.5) is 0 Å². The summed E-state index contributed by atoms with van der Waals surface area (Å²) in [6, 6.07) is 170. The number of aromatic nitrogens is 6. The van der Waals surface area contributed by atoms with Crippen molar-refractivity contribution in [2.75, 3.05) is 0 Å². The molecule has 0 bridgehead atoms. The maximum Gasteiger partial charge on any atom is 0.0715 e. The lowest BCUT2D eigenvalue weighted by Gasteiger charge is -2.12. The maximum atomic E-state index is 5.17. The third kappa shape index (κ3) is 13.2. The summed E-state index contributed by atoms with van der Waals surface area (Å²) in [6.07, 6.45) is 0. The van der Waals surface area contributed by atoms with Gasteiger partial charge in [0.15, 0.2) is 0 Å². The van der Waals surface area contributed by atoms with Crippen LogP contribution in [-0.2, 0) is 0 Å². The molecule has 124 heavy (non-hydrogen) atoms. The minimum atomic E-state index is 0.955. The number of pyridine rings is 2. The van der Waals surface area contributed by atoms with E-state index >= 15 is 0 Å². The average Bonchev–Trinajstić information content (AvgIpc) is 1.60. The summed E-state index contributed by atoms with van der Waals surface area (Å²) in [5.41, 5.74) is 36.5. The third-order valence-electron chi connectivity index (χ3n) is 24.6. The number of para-hydroxylation sites is 6. The molecule has 24 aromatic rings. The lowest BCUT2D eigenvalue weighted by molar-refractivity contribution is 1.18. The van der Waals surface area contributed by atoms with Gasteiger partial charge in [0.25, 0.3) is 0 Å². The standard InChI is InChI=1S/2C59H39N3/c1-4-16-40(17-5-1)54-38-47(39-55(60-54)41-18-6-2-7-19-41)43-21-14-20-42(34-43)45-30-33-59-53(36-45)51-27-11-13-29-57(51)62(59)49-25-15-22-44(35-49)46-31-32-58-52(37-46)50-26-10-12-28-56(50)61(58)48-23-8-3-9-24-48;1-4-15-40(16-5-1)47-38-54(42-17-6-2-7-18-42)60-55(39-47)43-29-27-41(28-30-43)45-31-33-59-52(36-45)51-24-11-13-26-57(51)62(59)49-22-14-19-44(35-49)46-32-34-58-53(37-46)50-23-10-12-25-56(50)61(58)48-20-8-3-9-21-48/h2*1-39H. The summed E-state index contributed by atoms with van der Waals surface area (Å²) in [4.78, 5) is 10.3. The van der Waals surface area contributed by atoms with Crippen molar-refractivity contribution in [3.63, 3.8) is 0 Å². The smallest absolute Gasteiger partial charge is 0.0715 e. The molecule has 0 atom stereocenters. The van der Waals surface area contributed by atoms with Gasteiger partial charge in [-0.2, -0.15) is 0 Å². The van der Waals surface area contributed by atoms with Crippen LogP contribution in [0, 0.1) is 0 Å². The van der Waals surface area contributed by atoms with Gasteiger partial charge < -0.3 is 18.3 Å². The van der Waals surface area contributed by atoms with Gasteiger partial charge in [-0.15, -0.1) is 0 Å². The highest BCUT2D eigenvalue weighted by Gasteiger charge is 2.22. The summed E-state index contributed by atoms with van der Waals surface area (Å²) >= 11 is 0. The first-order valence-corrected chi connectivity index (χ1v) is 42.4. The van der Waals surface area contributed by atoms with Crippen molar-refractivity contribution in [1.82, 2.24) is 28.2 Å². The highest BCUT2D eigenvalue weighted by atomic mass is 15.0. The van der Waals surface area contributed by atoms with E-state index in [4.69, 9.17) is 9.97 Å². The zero-order chi connectivity index (χ0) is 82.0. The first kappa shape index (κ1) is 72.7. The lowest BCUT2D eigenvalue weighted by Crippen LogP contribution is -1.94. The van der Waals surface area contributed by atoms with E-state index in [2.05, 4.69) is 473 Å². The van der Waals surface area contributed by atoms with E-state index in [1.54, 1.807) is 0 Å². The molecule has 0 aliphatic rings. The van der Waals surface area contributed by atoms with Gasteiger partial charge in [-0.3, -0.25) is 0 Å². The topological polar surface area (TPSA) is 45.5 Å². The van der Waals surface area contributed by atoms with Crippen LogP contribution in [0.5, 0.6) is 0 Å². The molecule has 24 rings (SSSR count). The van der Waals surface area contributed by atoms with E-state index < -0.39 is 0 Å². The van der Waals surface area contributed by atoms with E-state index in [1.165, 1.54) is 149 Å². The Morgan fingerprint density at radius 3 is 0.661 bits per heavy atom. The predicted octanol–water partition coefficient (Wildman–Crippen LogP) is 31.2. The molecular formula is C118H78N6. The Balaban J connectivity index is 0.000000143. The van der Waals surface area contributed by atoms with Crippen molar-refractivity contribution in [1.29, 1.82) is 0 Å². The Hall–Kier alpha value is -16.5. The molecule has 6 heterocycles. The molecule has 0 amide bonds. The Kier molecular flexibility index (Phi) is 18.2. The van der Waals surface area contributed by atoms with Gasteiger partial charge in [0, 0.05) is 88.1 Å². The minimum Gasteiger partial charge on any atom is -0.309 e. The van der Waals surface area contributed by atoms with Crippen LogP contribution in [-0.4, -0.2) is 28.2 Å². The molecule has 0 N–H and O–H groups in total. The van der Waals surface area contributed by atoms with Crippen LogP contribution in [0.15, 0.2) is 473 Å². The lowest BCUT2D eigenvalue weighted by atomic mass is 9.96. The highest BCUT2D eigenvalue weighted by Crippen LogP contribution is 2.44. The zero-order valence-corrected chi connectivity index (χ0v) is 67.7. The molecular weight excluding hydrogens is 1500 g/mol. The molecule has 6 heteroatoms. The third-order valence-corrected chi connectivity index (χ3v) is 24.6. The van der Waals surface area contributed by atoms with Crippen molar-refractivity contribution in [3.05, 3.63) is 473 Å². The van der Waals surface area contributed by atoms with Crippen LogP contribution < -0.4 is 0 Å². The molecule has 0 fully saturated rings. The second-order valence-electron chi connectivity index (χ2n) is 32.0. The van der Waals surface area contributed by atoms with Crippen molar-refractivity contribution in [2.45, 2.75) is 0 Å². The van der Waals surface area contributed by atoms with E-state index in [0.29, 0.717) is 0 Å². The fourth-order valence-electron chi connectivity index (χ4n) is 18.7. The van der Waals surface area contributed by atoms with E-state index in [-0.39, 0.29) is 0 Å². The maximum absolute atomic E-state index is 5.17. The van der Waals surface area contributed by atoms with Gasteiger partial charge in [0.1, 0.15) is 0 Å². The van der Waals surface area contributed by atoms with Gasteiger partial charge in [0.05, 0.1) is 66.9 Å². The van der Waals surface area contributed by atoms with E-state index in [9.17, 15) is 0 Å². The van der Waals surface area contributed by atoms with E-state index in [1.807, 2.05) is 18.2 Å². The van der Waals surface area contributed by atoms with Crippen molar-refractivity contribution >= 4 is 87.2 Å². The quantitative estimate of drug-likeness (QED) is 0.109. The molecule has 0 unspecified atom stereocenters.